The molecule has 0 unspecified atom stereocenters. The van der Waals surface area contributed by atoms with Gasteiger partial charge in [0.2, 0.25) is 5.91 Å². The molecule has 0 saturated carbocycles. The number of nitrogens with zero attached hydrogens (tertiary/aromatic N) is 1. The first-order valence-corrected chi connectivity index (χ1v) is 7.38. The van der Waals surface area contributed by atoms with Gasteiger partial charge < -0.3 is 5.73 Å². The lowest BCUT2D eigenvalue weighted by Gasteiger charge is -2.26. The summed E-state index contributed by atoms with van der Waals surface area (Å²) in [5.41, 5.74) is 5.32. The van der Waals surface area contributed by atoms with Gasteiger partial charge in [0.05, 0.1) is 6.54 Å². The van der Waals surface area contributed by atoms with Crippen LogP contribution in [0.4, 0.5) is 0 Å². The molecular weight excluding hydrogens is 244 g/mol. The van der Waals surface area contributed by atoms with E-state index in [4.69, 9.17) is 5.73 Å². The smallest absolute Gasteiger partial charge is 0.231 e. The molecule has 0 aliphatic carbocycles. The predicted molar refractivity (Wildman–Crippen MR) is 76.4 cm³/mol. The molecule has 0 spiro atoms. The van der Waals surface area contributed by atoms with Crippen LogP contribution in [0.1, 0.15) is 30.6 Å². The third kappa shape index (κ3) is 3.96. The van der Waals surface area contributed by atoms with Crippen molar-refractivity contribution in [3.63, 3.8) is 0 Å². The van der Waals surface area contributed by atoms with Crippen molar-refractivity contribution in [3.05, 3.63) is 28.5 Å². The van der Waals surface area contributed by atoms with Crippen molar-refractivity contribution in [2.24, 2.45) is 5.73 Å². The van der Waals surface area contributed by atoms with Crippen molar-refractivity contribution >= 4 is 23.3 Å². The fourth-order valence-electron chi connectivity index (χ4n) is 2.40. The van der Waals surface area contributed by atoms with Crippen LogP contribution in [0, 0.1) is 0 Å². The summed E-state index contributed by atoms with van der Waals surface area (Å²) in [5, 5.41) is 2.08. The first-order valence-electron chi connectivity index (χ1n) is 6.50. The average molecular weight is 264 g/mol. The molecule has 1 atom stereocenters. The van der Waals surface area contributed by atoms with Gasteiger partial charge in [0.1, 0.15) is 0 Å². The lowest BCUT2D eigenvalue weighted by atomic mass is 10.1. The normalized spacial score (nSPS) is 22.1. The molecule has 1 aromatic heterocycles. The Balaban J connectivity index is 2.03. The van der Waals surface area contributed by atoms with Crippen LogP contribution in [0.5, 0.6) is 0 Å². The molecule has 1 amide bonds. The summed E-state index contributed by atoms with van der Waals surface area (Å²) in [4.78, 5) is 14.6. The largest absolute Gasteiger partial charge is 0.369 e. The van der Waals surface area contributed by atoms with Crippen LogP contribution < -0.4 is 5.73 Å². The fourth-order valence-corrected chi connectivity index (χ4v) is 3.03. The van der Waals surface area contributed by atoms with E-state index in [1.54, 1.807) is 11.3 Å². The van der Waals surface area contributed by atoms with E-state index in [2.05, 4.69) is 34.6 Å². The maximum absolute atomic E-state index is 11.1. The van der Waals surface area contributed by atoms with Gasteiger partial charge in [-0.05, 0) is 36.9 Å². The number of amides is 1. The highest BCUT2D eigenvalue weighted by Crippen LogP contribution is 2.19. The third-order valence-electron chi connectivity index (χ3n) is 3.30. The van der Waals surface area contributed by atoms with E-state index in [0.717, 1.165) is 19.4 Å². The zero-order valence-corrected chi connectivity index (χ0v) is 11.4. The fraction of sp³-hybridized carbons (Fsp3) is 0.500. The van der Waals surface area contributed by atoms with Crippen molar-refractivity contribution in [3.8, 4) is 0 Å². The van der Waals surface area contributed by atoms with E-state index < -0.39 is 0 Å². The number of hydrogen-bond acceptors (Lipinski definition) is 3. The summed E-state index contributed by atoms with van der Waals surface area (Å²) in [6, 6.07) is 4.51. The SMILES string of the molecule is NC(=O)CN1CCCCC[C@H]1/C=C/c1cccs1. The topological polar surface area (TPSA) is 46.3 Å². The Morgan fingerprint density at radius 3 is 3.11 bits per heavy atom. The lowest BCUT2D eigenvalue weighted by Crippen LogP contribution is -2.40. The highest BCUT2D eigenvalue weighted by Gasteiger charge is 2.19. The summed E-state index contributed by atoms with van der Waals surface area (Å²) in [7, 11) is 0. The minimum Gasteiger partial charge on any atom is -0.369 e. The standard InChI is InChI=1S/C14H20N2OS/c15-14(17)11-16-9-3-1-2-5-12(16)7-8-13-6-4-10-18-13/h4,6-8,10,12H,1-3,5,9,11H2,(H2,15,17)/b8-7+/t12-/m0/s1. The maximum atomic E-state index is 11.1. The first kappa shape index (κ1) is 13.3. The molecular formula is C14H20N2OS. The Morgan fingerprint density at radius 1 is 1.50 bits per heavy atom. The van der Waals surface area contributed by atoms with E-state index >= 15 is 0 Å². The minimum absolute atomic E-state index is 0.230. The second-order valence-corrected chi connectivity index (χ2v) is 5.71. The van der Waals surface area contributed by atoms with Gasteiger partial charge in [0, 0.05) is 10.9 Å². The Kier molecular flexibility index (Phi) is 4.96. The summed E-state index contributed by atoms with van der Waals surface area (Å²) in [5.74, 6) is -0.230. The highest BCUT2D eigenvalue weighted by molar-refractivity contribution is 7.10. The number of carbonyl (C=O) groups is 1. The summed E-state index contributed by atoms with van der Waals surface area (Å²) < 4.78 is 0. The van der Waals surface area contributed by atoms with Crippen LogP contribution >= 0.6 is 11.3 Å². The number of nitrogens with two attached hydrogens (primary N) is 1. The predicted octanol–water partition coefficient (Wildman–Crippen LogP) is 2.49. The van der Waals surface area contributed by atoms with E-state index in [1.807, 2.05) is 0 Å². The minimum atomic E-state index is -0.230. The lowest BCUT2D eigenvalue weighted by molar-refractivity contribution is -0.119. The van der Waals surface area contributed by atoms with Crippen LogP contribution in [-0.2, 0) is 4.79 Å². The Bertz CT molecular complexity index is 400. The van der Waals surface area contributed by atoms with Crippen molar-refractivity contribution in [1.82, 2.24) is 4.90 Å². The molecule has 98 valence electrons. The first-order chi connectivity index (χ1) is 8.75. The number of thiophene rings is 1. The van der Waals surface area contributed by atoms with Gasteiger partial charge in [-0.15, -0.1) is 11.3 Å². The maximum Gasteiger partial charge on any atom is 0.231 e. The number of rotatable bonds is 4. The molecule has 3 nitrogen and oxygen atoms in total. The molecule has 1 saturated heterocycles. The van der Waals surface area contributed by atoms with E-state index in [0.29, 0.717) is 12.6 Å². The highest BCUT2D eigenvalue weighted by atomic mass is 32.1. The molecule has 1 aliphatic heterocycles. The van der Waals surface area contributed by atoms with Crippen LogP contribution in [0.25, 0.3) is 6.08 Å². The van der Waals surface area contributed by atoms with Gasteiger partial charge in [0.15, 0.2) is 0 Å². The summed E-state index contributed by atoms with van der Waals surface area (Å²) >= 11 is 1.73. The van der Waals surface area contributed by atoms with Crippen molar-refractivity contribution in [2.75, 3.05) is 13.1 Å². The average Bonchev–Trinajstić information content (AvgIpc) is 2.75. The molecule has 18 heavy (non-hydrogen) atoms. The molecule has 1 aromatic rings. The molecule has 0 aromatic carbocycles. The third-order valence-corrected chi connectivity index (χ3v) is 4.14. The Labute approximate surface area is 112 Å². The molecule has 4 heteroatoms. The van der Waals surface area contributed by atoms with E-state index in [-0.39, 0.29) is 5.91 Å². The van der Waals surface area contributed by atoms with Gasteiger partial charge in [-0.3, -0.25) is 9.69 Å². The van der Waals surface area contributed by atoms with Crippen molar-refractivity contribution in [2.45, 2.75) is 31.7 Å². The molecule has 1 aliphatic rings. The van der Waals surface area contributed by atoms with Crippen LogP contribution in [0.3, 0.4) is 0 Å². The molecule has 0 radical (unpaired) electrons. The number of likely N-dealkylation sites (tertiary alicyclic amines) is 1. The second kappa shape index (κ2) is 6.71. The zero-order valence-electron chi connectivity index (χ0n) is 10.5. The molecule has 1 fully saturated rings. The Hall–Kier alpha value is -1.13. The number of carbonyl (C=O) groups excluding carboxylic acids is 1. The summed E-state index contributed by atoms with van der Waals surface area (Å²) in [6.07, 6.45) is 9.15. The molecule has 2 N–H and O–H groups in total. The van der Waals surface area contributed by atoms with Gasteiger partial charge in [-0.25, -0.2) is 0 Å². The number of hydrogen-bond donors (Lipinski definition) is 1. The monoisotopic (exact) mass is 264 g/mol. The quantitative estimate of drug-likeness (QED) is 0.908. The van der Waals surface area contributed by atoms with Gasteiger partial charge in [-0.1, -0.05) is 25.0 Å². The van der Waals surface area contributed by atoms with Gasteiger partial charge in [0.25, 0.3) is 0 Å². The number of primary amides is 1. The van der Waals surface area contributed by atoms with Crippen molar-refractivity contribution < 1.29 is 4.79 Å². The van der Waals surface area contributed by atoms with Gasteiger partial charge >= 0.3 is 0 Å². The van der Waals surface area contributed by atoms with Crippen LogP contribution in [0.2, 0.25) is 0 Å². The molecule has 2 heterocycles. The second-order valence-electron chi connectivity index (χ2n) is 4.73. The molecule has 2 rings (SSSR count). The van der Waals surface area contributed by atoms with Gasteiger partial charge in [-0.2, -0.15) is 0 Å². The van der Waals surface area contributed by atoms with Crippen LogP contribution in [0.15, 0.2) is 23.6 Å². The molecule has 0 bridgehead atoms. The van der Waals surface area contributed by atoms with E-state index in [9.17, 15) is 4.79 Å². The van der Waals surface area contributed by atoms with Crippen molar-refractivity contribution in [1.29, 1.82) is 0 Å². The van der Waals surface area contributed by atoms with Crippen LogP contribution in [-0.4, -0.2) is 29.9 Å². The zero-order chi connectivity index (χ0) is 12.8. The Morgan fingerprint density at radius 2 is 2.39 bits per heavy atom. The van der Waals surface area contributed by atoms with E-state index in [1.165, 1.54) is 17.7 Å². The summed E-state index contributed by atoms with van der Waals surface area (Å²) in [6.45, 7) is 1.35.